The van der Waals surface area contributed by atoms with Gasteiger partial charge in [-0.3, -0.25) is 14.7 Å². The first-order valence-corrected chi connectivity index (χ1v) is 20.5. The first-order chi connectivity index (χ1) is 27.7. The minimum absolute atomic E-state index is 0.0478. The molecule has 1 aliphatic heterocycles. The molecule has 0 unspecified atom stereocenters. The summed E-state index contributed by atoms with van der Waals surface area (Å²) in [7, 11) is -3.19. The molecule has 1 saturated heterocycles. The highest BCUT2D eigenvalue weighted by Crippen LogP contribution is 2.25. The quantitative estimate of drug-likeness (QED) is 0.117. The van der Waals surface area contributed by atoms with Crippen LogP contribution in [0.4, 0.5) is 13.2 Å². The third-order valence-electron chi connectivity index (χ3n) is 9.69. The molecule has 0 aliphatic carbocycles. The van der Waals surface area contributed by atoms with Crippen LogP contribution in [0.15, 0.2) is 126 Å². The Hall–Kier alpha value is -5.88. The molecule has 6 rings (SSSR count). The lowest BCUT2D eigenvalue weighted by atomic mass is 9.99. The fourth-order valence-corrected chi connectivity index (χ4v) is 7.16. The molecular formula is C44H44F3N5O5S. The Labute approximate surface area is 336 Å². The highest BCUT2D eigenvalue weighted by molar-refractivity contribution is 7.90. The van der Waals surface area contributed by atoms with Crippen LogP contribution in [0.3, 0.4) is 0 Å². The summed E-state index contributed by atoms with van der Waals surface area (Å²) in [5, 5.41) is 20.0. The van der Waals surface area contributed by atoms with Crippen LogP contribution in [0.25, 0.3) is 11.3 Å². The van der Waals surface area contributed by atoms with Crippen molar-refractivity contribution in [2.24, 2.45) is 0 Å². The number of hydrogen-bond donors (Lipinski definition) is 2. The summed E-state index contributed by atoms with van der Waals surface area (Å²) in [5.41, 5.74) is 7.40. The van der Waals surface area contributed by atoms with Gasteiger partial charge in [-0.15, -0.1) is 0 Å². The fourth-order valence-electron chi connectivity index (χ4n) is 6.53. The van der Waals surface area contributed by atoms with Gasteiger partial charge >= 0.3 is 12.1 Å². The average molecular weight is 812 g/mol. The molecule has 1 amide bonds. The van der Waals surface area contributed by atoms with E-state index in [-0.39, 0.29) is 11.9 Å². The standard InChI is InChI=1S/C42H43N5O3S.C2HF3O2/c1-51(49,50)40-17-12-32(13-18-40)20-23-44-28-36-14-19-41(45-29-36)37-15-10-34(11-16-37)31-47(42(48)38-9-5-8-35(26-38)27-43)39-21-24-46(25-22-39)30-33-6-3-2-4-7-33;3-2(4,5)1(6)7/h2-19,26,29,39,44H,20-25,28,30-31H2,1H3;(H,6,7). The van der Waals surface area contributed by atoms with Crippen LogP contribution in [-0.2, 0) is 40.7 Å². The third kappa shape index (κ3) is 12.8. The van der Waals surface area contributed by atoms with E-state index >= 15 is 0 Å². The zero-order valence-electron chi connectivity index (χ0n) is 31.9. The zero-order valence-corrected chi connectivity index (χ0v) is 32.7. The molecule has 0 bridgehead atoms. The highest BCUT2D eigenvalue weighted by atomic mass is 32.2. The van der Waals surface area contributed by atoms with Gasteiger partial charge in [0.25, 0.3) is 5.91 Å². The van der Waals surface area contributed by atoms with Crippen LogP contribution >= 0.6 is 0 Å². The van der Waals surface area contributed by atoms with Gasteiger partial charge in [-0.05, 0) is 84.5 Å². The minimum atomic E-state index is -5.08. The summed E-state index contributed by atoms with van der Waals surface area (Å²) in [6, 6.07) is 39.2. The van der Waals surface area contributed by atoms with Crippen molar-refractivity contribution in [3.8, 4) is 17.3 Å². The molecule has 302 valence electrons. The molecule has 2 N–H and O–H groups in total. The van der Waals surface area contributed by atoms with Crippen LogP contribution < -0.4 is 5.32 Å². The van der Waals surface area contributed by atoms with Gasteiger partial charge in [0.1, 0.15) is 0 Å². The van der Waals surface area contributed by atoms with E-state index in [1.807, 2.05) is 35.4 Å². The maximum atomic E-state index is 14.0. The van der Waals surface area contributed by atoms with Gasteiger partial charge in [0.05, 0.1) is 22.2 Å². The number of carboxylic acid groups (broad SMARTS) is 1. The number of nitrogens with one attached hydrogen (secondary N) is 1. The summed E-state index contributed by atoms with van der Waals surface area (Å²) in [6.07, 6.45) is 0.590. The van der Waals surface area contributed by atoms with Gasteiger partial charge in [0.15, 0.2) is 9.84 Å². The second-order valence-corrected chi connectivity index (χ2v) is 16.0. The van der Waals surface area contributed by atoms with Crippen LogP contribution in [-0.4, -0.2) is 78.3 Å². The molecule has 5 aromatic rings. The highest BCUT2D eigenvalue weighted by Gasteiger charge is 2.38. The molecule has 0 radical (unpaired) electrons. The maximum absolute atomic E-state index is 14.0. The second-order valence-electron chi connectivity index (χ2n) is 14.0. The molecule has 1 fully saturated rings. The monoisotopic (exact) mass is 811 g/mol. The molecule has 58 heavy (non-hydrogen) atoms. The van der Waals surface area contributed by atoms with E-state index in [2.05, 4.69) is 70.9 Å². The van der Waals surface area contributed by atoms with Crippen molar-refractivity contribution in [1.29, 1.82) is 5.26 Å². The van der Waals surface area contributed by atoms with Crippen molar-refractivity contribution >= 4 is 21.7 Å². The maximum Gasteiger partial charge on any atom is 0.490 e. The van der Waals surface area contributed by atoms with Crippen molar-refractivity contribution in [3.63, 3.8) is 0 Å². The summed E-state index contributed by atoms with van der Waals surface area (Å²) >= 11 is 0. The number of carbonyl (C=O) groups is 2. The predicted molar refractivity (Wildman–Crippen MR) is 214 cm³/mol. The van der Waals surface area contributed by atoms with E-state index in [0.717, 1.165) is 73.4 Å². The normalized spacial score (nSPS) is 13.5. The van der Waals surface area contributed by atoms with Crippen molar-refractivity contribution in [2.45, 2.75) is 56.0 Å². The molecule has 2 heterocycles. The molecule has 10 nitrogen and oxygen atoms in total. The number of rotatable bonds is 13. The number of sulfone groups is 1. The summed E-state index contributed by atoms with van der Waals surface area (Å²) in [5.74, 6) is -2.80. The molecule has 0 saturated carbocycles. The van der Waals surface area contributed by atoms with E-state index in [4.69, 9.17) is 14.9 Å². The Morgan fingerprint density at radius 1 is 0.879 bits per heavy atom. The number of carbonyl (C=O) groups excluding carboxylic acids is 1. The average Bonchev–Trinajstić information content (AvgIpc) is 3.22. The number of alkyl halides is 3. The van der Waals surface area contributed by atoms with Crippen LogP contribution in [0.2, 0.25) is 0 Å². The van der Waals surface area contributed by atoms with Crippen LogP contribution in [0.1, 0.15) is 51.0 Å². The third-order valence-corrected chi connectivity index (χ3v) is 10.8. The summed E-state index contributed by atoms with van der Waals surface area (Å²) < 4.78 is 55.1. The van der Waals surface area contributed by atoms with Gasteiger partial charge in [-0.1, -0.05) is 78.9 Å². The number of piperidine rings is 1. The Morgan fingerprint density at radius 3 is 2.10 bits per heavy atom. The number of hydrogen-bond acceptors (Lipinski definition) is 8. The summed E-state index contributed by atoms with van der Waals surface area (Å²) in [4.78, 5) is 32.4. The Bertz CT molecular complexity index is 2270. The smallest absolute Gasteiger partial charge is 0.475 e. The van der Waals surface area contributed by atoms with E-state index in [9.17, 15) is 31.6 Å². The number of carboxylic acids is 1. The molecule has 0 spiro atoms. The first-order valence-electron chi connectivity index (χ1n) is 18.6. The van der Waals surface area contributed by atoms with E-state index in [1.165, 1.54) is 11.8 Å². The largest absolute Gasteiger partial charge is 0.490 e. The number of likely N-dealkylation sites (tertiary alicyclic amines) is 1. The van der Waals surface area contributed by atoms with Crippen molar-refractivity contribution in [2.75, 3.05) is 25.9 Å². The van der Waals surface area contributed by atoms with Gasteiger partial charge in [-0.25, -0.2) is 13.2 Å². The Kier molecular flexibility index (Phi) is 14.9. The number of nitriles is 1. The Balaban J connectivity index is 0.000000839. The lowest BCUT2D eigenvalue weighted by Gasteiger charge is -2.39. The predicted octanol–water partition coefficient (Wildman–Crippen LogP) is 7.30. The number of aliphatic carboxylic acids is 1. The summed E-state index contributed by atoms with van der Waals surface area (Å²) in [6.45, 7) is 4.66. The molecular weight excluding hydrogens is 768 g/mol. The minimum Gasteiger partial charge on any atom is -0.475 e. The molecule has 1 aromatic heterocycles. The van der Waals surface area contributed by atoms with E-state index in [0.29, 0.717) is 29.1 Å². The molecule has 0 atom stereocenters. The van der Waals surface area contributed by atoms with Gasteiger partial charge in [0, 0.05) is 62.3 Å². The van der Waals surface area contributed by atoms with Gasteiger partial charge < -0.3 is 15.3 Å². The molecule has 14 heteroatoms. The van der Waals surface area contributed by atoms with Gasteiger partial charge in [0.2, 0.25) is 0 Å². The van der Waals surface area contributed by atoms with Crippen LogP contribution in [0, 0.1) is 11.3 Å². The van der Waals surface area contributed by atoms with Gasteiger partial charge in [-0.2, -0.15) is 18.4 Å². The van der Waals surface area contributed by atoms with Crippen molar-refractivity contribution < 1.29 is 36.3 Å². The van der Waals surface area contributed by atoms with Crippen molar-refractivity contribution in [1.82, 2.24) is 20.1 Å². The number of pyridine rings is 1. The Morgan fingerprint density at radius 2 is 1.52 bits per heavy atom. The van der Waals surface area contributed by atoms with E-state index < -0.39 is 22.0 Å². The lowest BCUT2D eigenvalue weighted by molar-refractivity contribution is -0.192. The lowest BCUT2D eigenvalue weighted by Crippen LogP contribution is -2.46. The molecule has 4 aromatic carbocycles. The SMILES string of the molecule is CS(=O)(=O)c1ccc(CCNCc2ccc(-c3ccc(CN(C(=O)c4cccc(C#N)c4)C4CCN(Cc5ccccc5)CC4)cc3)nc2)cc1.O=C(O)C(F)(F)F. The number of nitrogens with zero attached hydrogens (tertiary/aromatic N) is 4. The fraction of sp³-hybridized carbons (Fsp3) is 0.273. The molecule has 1 aliphatic rings. The first kappa shape index (κ1) is 43.2. The van der Waals surface area contributed by atoms with Crippen LogP contribution in [0.5, 0.6) is 0 Å². The number of aromatic nitrogens is 1. The van der Waals surface area contributed by atoms with E-state index in [1.54, 1.807) is 36.4 Å². The number of halogens is 3. The van der Waals surface area contributed by atoms with Crippen molar-refractivity contribution in [3.05, 3.63) is 155 Å². The number of amides is 1. The topological polar surface area (TPSA) is 144 Å². The second kappa shape index (κ2) is 20.0. The zero-order chi connectivity index (χ0) is 41.7. The number of benzene rings is 4.